The second-order valence-electron chi connectivity index (χ2n) is 6.78. The van der Waals surface area contributed by atoms with Crippen LogP contribution in [0.2, 0.25) is 5.02 Å². The molecule has 1 unspecified atom stereocenters. The van der Waals surface area contributed by atoms with Gasteiger partial charge < -0.3 is 10.7 Å². The number of aromatic nitrogens is 2. The lowest BCUT2D eigenvalue weighted by Gasteiger charge is -2.14. The summed E-state index contributed by atoms with van der Waals surface area (Å²) in [6.07, 6.45) is -3.75. The fourth-order valence-corrected chi connectivity index (χ4v) is 3.11. The van der Waals surface area contributed by atoms with Gasteiger partial charge in [0.2, 0.25) is 5.71 Å². The van der Waals surface area contributed by atoms with Crippen molar-refractivity contribution in [2.75, 3.05) is 12.4 Å². The molecule has 0 radical (unpaired) electrons. The van der Waals surface area contributed by atoms with Gasteiger partial charge in [0.15, 0.2) is 0 Å². The molecule has 1 amide bonds. The van der Waals surface area contributed by atoms with Crippen LogP contribution >= 0.6 is 11.6 Å². The van der Waals surface area contributed by atoms with Gasteiger partial charge in [0.05, 0.1) is 38.4 Å². The van der Waals surface area contributed by atoms with Crippen LogP contribution in [0.15, 0.2) is 47.7 Å². The second-order valence-corrected chi connectivity index (χ2v) is 7.19. The number of nitrogens with zero attached hydrogens (tertiary/aromatic N) is 5. The summed E-state index contributed by atoms with van der Waals surface area (Å²) in [5.74, 6) is -1.25. The molecule has 12 nitrogen and oxygen atoms in total. The van der Waals surface area contributed by atoms with E-state index in [0.29, 0.717) is 12.1 Å². The van der Waals surface area contributed by atoms with Crippen molar-refractivity contribution < 1.29 is 27.8 Å². The molecule has 0 aliphatic rings. The van der Waals surface area contributed by atoms with Crippen LogP contribution < -0.4 is 10.7 Å². The zero-order valence-electron chi connectivity index (χ0n) is 17.4. The van der Waals surface area contributed by atoms with E-state index in [1.54, 1.807) is 0 Å². The summed E-state index contributed by atoms with van der Waals surface area (Å²) in [5.41, 5.74) is -0.756. The Balaban J connectivity index is 2.04. The lowest BCUT2D eigenvalue weighted by molar-refractivity contribution is -0.509. The van der Waals surface area contributed by atoms with Crippen LogP contribution in [-0.4, -0.2) is 38.5 Å². The number of benzene rings is 2. The number of hydrogen-bond acceptors (Lipinski definition) is 9. The molecule has 1 aromatic heterocycles. The fourth-order valence-electron chi connectivity index (χ4n) is 2.95. The number of carbonyl (C=O) groups is 1. The Morgan fingerprint density at radius 3 is 2.46 bits per heavy atom. The van der Waals surface area contributed by atoms with Crippen molar-refractivity contribution in [1.82, 2.24) is 15.4 Å². The number of alkyl halides is 3. The number of nitro benzene ring substituents is 1. The van der Waals surface area contributed by atoms with Gasteiger partial charge in [-0.05, 0) is 24.3 Å². The van der Waals surface area contributed by atoms with E-state index in [4.69, 9.17) is 11.6 Å². The van der Waals surface area contributed by atoms with Gasteiger partial charge in [-0.25, -0.2) is 4.98 Å². The quantitative estimate of drug-likeness (QED) is 0.275. The second kappa shape index (κ2) is 9.84. The first-order valence-electron chi connectivity index (χ1n) is 9.39. The predicted octanol–water partition coefficient (Wildman–Crippen LogP) is 3.74. The number of non-ortho nitro benzene ring substituents is 1. The third-order valence-electron chi connectivity index (χ3n) is 4.51. The van der Waals surface area contributed by atoms with Gasteiger partial charge in [-0.3, -0.25) is 30.0 Å². The molecule has 1 atom stereocenters. The van der Waals surface area contributed by atoms with Gasteiger partial charge in [-0.15, -0.1) is 0 Å². The number of nitro groups is 2. The third-order valence-corrected chi connectivity index (χ3v) is 4.84. The zero-order valence-corrected chi connectivity index (χ0v) is 18.2. The van der Waals surface area contributed by atoms with E-state index < -0.39 is 50.6 Å². The minimum Gasteiger partial charge on any atom is -0.319 e. The Morgan fingerprint density at radius 1 is 1.14 bits per heavy atom. The zero-order chi connectivity index (χ0) is 25.9. The summed E-state index contributed by atoms with van der Waals surface area (Å²) in [4.78, 5) is 42.2. The van der Waals surface area contributed by atoms with Gasteiger partial charge in [0.1, 0.15) is 5.69 Å². The van der Waals surface area contributed by atoms with E-state index in [0.717, 1.165) is 18.3 Å². The highest BCUT2D eigenvalue weighted by Gasteiger charge is 2.38. The monoisotopic (exact) mass is 511 g/mol. The van der Waals surface area contributed by atoms with E-state index >= 15 is 0 Å². The molecule has 0 bridgehead atoms. The van der Waals surface area contributed by atoms with Gasteiger partial charge in [0.25, 0.3) is 11.6 Å². The maximum atomic E-state index is 13.0. The molecule has 35 heavy (non-hydrogen) atoms. The molecule has 2 aromatic carbocycles. The Bertz CT molecular complexity index is 1370. The number of carbonyl (C=O) groups excluding carboxylic acids is 1. The molecule has 1 heterocycles. The van der Waals surface area contributed by atoms with Crippen LogP contribution in [0.3, 0.4) is 0 Å². The van der Waals surface area contributed by atoms with Crippen molar-refractivity contribution in [3.8, 4) is 0 Å². The molecule has 3 rings (SSSR count). The summed E-state index contributed by atoms with van der Waals surface area (Å²) < 4.78 is 39.1. The summed E-state index contributed by atoms with van der Waals surface area (Å²) in [6, 6.07) is 3.63. The lowest BCUT2D eigenvalue weighted by atomic mass is 10.1. The fraction of sp³-hybridized carbons (Fsp3) is 0.158. The Morgan fingerprint density at radius 2 is 1.86 bits per heavy atom. The minimum atomic E-state index is -4.74. The Kier molecular flexibility index (Phi) is 7.09. The highest BCUT2D eigenvalue weighted by molar-refractivity contribution is 6.45. The molecule has 0 saturated carbocycles. The van der Waals surface area contributed by atoms with Crippen molar-refractivity contribution in [3.05, 3.63) is 79.1 Å². The number of halogens is 4. The normalized spacial score (nSPS) is 12.8. The first kappa shape index (κ1) is 25.2. The van der Waals surface area contributed by atoms with Crippen molar-refractivity contribution in [2.45, 2.75) is 12.2 Å². The van der Waals surface area contributed by atoms with Gasteiger partial charge in [-0.1, -0.05) is 11.6 Å². The van der Waals surface area contributed by atoms with E-state index in [1.165, 1.54) is 19.2 Å². The lowest BCUT2D eigenvalue weighted by Crippen LogP contribution is -2.34. The van der Waals surface area contributed by atoms with Crippen molar-refractivity contribution in [3.63, 3.8) is 0 Å². The molecule has 16 heteroatoms. The Hall–Kier alpha value is -4.40. The van der Waals surface area contributed by atoms with Gasteiger partial charge in [-0.2, -0.15) is 18.3 Å². The third kappa shape index (κ3) is 5.57. The first-order chi connectivity index (χ1) is 16.4. The van der Waals surface area contributed by atoms with Crippen molar-refractivity contribution >= 4 is 45.6 Å². The highest BCUT2D eigenvalue weighted by atomic mass is 35.5. The number of hydrogen-bond donors (Lipinski definition) is 2. The molecule has 2 N–H and O–H groups in total. The molecule has 0 saturated heterocycles. The van der Waals surface area contributed by atoms with Crippen LogP contribution in [0.4, 0.5) is 24.5 Å². The van der Waals surface area contributed by atoms with Crippen LogP contribution in [0, 0.1) is 20.2 Å². The maximum absolute atomic E-state index is 13.0. The summed E-state index contributed by atoms with van der Waals surface area (Å²) in [7, 11) is 1.23. The van der Waals surface area contributed by atoms with Crippen LogP contribution in [0.5, 0.6) is 0 Å². The van der Waals surface area contributed by atoms with Gasteiger partial charge >= 0.3 is 12.2 Å². The average Bonchev–Trinajstić information content (AvgIpc) is 2.78. The Labute approximate surface area is 198 Å². The molecule has 182 valence electrons. The SMILES string of the molecule is CN/N=C(\C(=O)Nc1cc(C(F)(F)F)ccc1Cl)C(c1cnc2ccc([N+](=O)[O-])cc2n1)[N+](=O)[O-]. The average molecular weight is 512 g/mol. The number of fused-ring (bicyclic) bond motifs is 1. The van der Waals surface area contributed by atoms with Crippen molar-refractivity contribution in [1.29, 1.82) is 0 Å². The van der Waals surface area contributed by atoms with E-state index in [9.17, 15) is 38.2 Å². The largest absolute Gasteiger partial charge is 0.416 e. The number of hydrazone groups is 1. The molecular weight excluding hydrogens is 499 g/mol. The predicted molar refractivity (Wildman–Crippen MR) is 118 cm³/mol. The minimum absolute atomic E-state index is 0.0614. The summed E-state index contributed by atoms with van der Waals surface area (Å²) in [6.45, 7) is 0. The molecular formula is C19H13ClF3N7O5. The number of amides is 1. The first-order valence-corrected chi connectivity index (χ1v) is 9.77. The molecule has 0 spiro atoms. The highest BCUT2D eigenvalue weighted by Crippen LogP contribution is 2.34. The summed E-state index contributed by atoms with van der Waals surface area (Å²) >= 11 is 5.89. The molecule has 0 aliphatic carbocycles. The topological polar surface area (TPSA) is 166 Å². The molecule has 0 fully saturated rings. The number of anilines is 1. The molecule has 0 aliphatic heterocycles. The number of nitrogens with one attached hydrogen (secondary N) is 2. The van der Waals surface area contributed by atoms with E-state index in [-0.39, 0.29) is 21.7 Å². The smallest absolute Gasteiger partial charge is 0.319 e. The van der Waals surface area contributed by atoms with E-state index in [1.807, 2.05) is 0 Å². The standard InChI is InChI=1S/C19H13ClF3N7O5/c1-24-28-16(18(31)27-13-6-9(19(21,22)23)2-4-11(13)20)17(30(34)35)15-8-25-12-5-3-10(29(32)33)7-14(12)26-15/h2-8,17,24H,1H3,(H,27,31)/b28-16-. The maximum Gasteiger partial charge on any atom is 0.416 e. The van der Waals surface area contributed by atoms with Crippen LogP contribution in [0.1, 0.15) is 17.3 Å². The van der Waals surface area contributed by atoms with Crippen molar-refractivity contribution in [2.24, 2.45) is 5.10 Å². The van der Waals surface area contributed by atoms with Gasteiger partial charge in [0, 0.05) is 24.1 Å². The van der Waals surface area contributed by atoms with E-state index in [2.05, 4.69) is 25.8 Å². The number of rotatable bonds is 7. The van der Waals surface area contributed by atoms with Crippen LogP contribution in [0.25, 0.3) is 11.0 Å². The summed E-state index contributed by atoms with van der Waals surface area (Å²) in [5, 5.41) is 28.4. The molecule has 3 aromatic rings. The van der Waals surface area contributed by atoms with Crippen LogP contribution in [-0.2, 0) is 11.0 Å².